The summed E-state index contributed by atoms with van der Waals surface area (Å²) in [6.45, 7) is 4.00. The van der Waals surface area contributed by atoms with Gasteiger partial charge >= 0.3 is 5.97 Å². The standard InChI is InChI=1S/C27H32N2O5/c1-18(2)16-28-27(33)22-9-5-6-10-23(22)29-25(31)17-34-26(32)14-13-24(30)21-12-11-19-7-3-4-8-20(19)15-21/h5-6,9-12,15,18H,3-4,7-8,13-14,16-17H2,1-2H3,(H,28,33)(H,29,31). The molecule has 2 amide bonds. The second-order valence-electron chi connectivity index (χ2n) is 8.97. The summed E-state index contributed by atoms with van der Waals surface area (Å²) >= 11 is 0. The summed E-state index contributed by atoms with van der Waals surface area (Å²) in [6.07, 6.45) is 4.26. The van der Waals surface area contributed by atoms with Crippen molar-refractivity contribution in [3.8, 4) is 0 Å². The summed E-state index contributed by atoms with van der Waals surface area (Å²) in [4.78, 5) is 49.2. The van der Waals surface area contributed by atoms with Crippen LogP contribution >= 0.6 is 0 Å². The van der Waals surface area contributed by atoms with Crippen LogP contribution < -0.4 is 10.6 Å². The maximum absolute atomic E-state index is 12.5. The van der Waals surface area contributed by atoms with Crippen LogP contribution in [-0.2, 0) is 27.2 Å². The topological polar surface area (TPSA) is 102 Å². The molecule has 0 saturated heterocycles. The number of esters is 1. The lowest BCUT2D eigenvalue weighted by Crippen LogP contribution is -2.29. The SMILES string of the molecule is CC(C)CNC(=O)c1ccccc1NC(=O)COC(=O)CCC(=O)c1ccc2c(c1)CCCC2. The average Bonchev–Trinajstić information content (AvgIpc) is 2.84. The molecule has 1 aliphatic rings. The van der Waals surface area contributed by atoms with Gasteiger partial charge in [-0.05, 0) is 60.9 Å². The fourth-order valence-corrected chi connectivity index (χ4v) is 3.85. The van der Waals surface area contributed by atoms with E-state index in [0.29, 0.717) is 29.3 Å². The highest BCUT2D eigenvalue weighted by atomic mass is 16.5. The van der Waals surface area contributed by atoms with Crippen molar-refractivity contribution in [2.24, 2.45) is 5.92 Å². The Morgan fingerprint density at radius 2 is 1.68 bits per heavy atom. The summed E-state index contributed by atoms with van der Waals surface area (Å²) < 4.78 is 5.03. The van der Waals surface area contributed by atoms with Crippen molar-refractivity contribution in [2.45, 2.75) is 52.4 Å². The van der Waals surface area contributed by atoms with Crippen molar-refractivity contribution in [3.63, 3.8) is 0 Å². The first-order valence-corrected chi connectivity index (χ1v) is 11.8. The quantitative estimate of drug-likeness (QED) is 0.407. The molecule has 0 unspecified atom stereocenters. The van der Waals surface area contributed by atoms with Crippen LogP contribution in [0.4, 0.5) is 5.69 Å². The first-order chi connectivity index (χ1) is 16.3. The first-order valence-electron chi connectivity index (χ1n) is 11.8. The number of ketones is 1. The Kier molecular flexibility index (Phi) is 8.96. The average molecular weight is 465 g/mol. The lowest BCUT2D eigenvalue weighted by molar-refractivity contribution is -0.147. The van der Waals surface area contributed by atoms with Crippen LogP contribution in [0.5, 0.6) is 0 Å². The molecule has 2 aromatic rings. The molecule has 0 spiro atoms. The highest BCUT2D eigenvalue weighted by Gasteiger charge is 2.17. The molecule has 3 rings (SSSR count). The molecule has 180 valence electrons. The van der Waals surface area contributed by atoms with Crippen LogP contribution in [-0.4, -0.2) is 36.7 Å². The Balaban J connectivity index is 1.45. The lowest BCUT2D eigenvalue weighted by Gasteiger charge is -2.16. The zero-order valence-electron chi connectivity index (χ0n) is 19.8. The normalized spacial score (nSPS) is 12.6. The van der Waals surface area contributed by atoms with E-state index in [4.69, 9.17) is 4.74 Å². The second-order valence-corrected chi connectivity index (χ2v) is 8.97. The van der Waals surface area contributed by atoms with Crippen LogP contribution in [0.3, 0.4) is 0 Å². The van der Waals surface area contributed by atoms with Crippen LogP contribution in [0, 0.1) is 5.92 Å². The lowest BCUT2D eigenvalue weighted by atomic mass is 9.89. The fraction of sp³-hybridized carbons (Fsp3) is 0.407. The number of anilines is 1. The number of benzene rings is 2. The molecular formula is C27H32N2O5. The number of nitrogens with one attached hydrogen (secondary N) is 2. The van der Waals surface area contributed by atoms with Gasteiger partial charge in [-0.3, -0.25) is 19.2 Å². The zero-order valence-corrected chi connectivity index (χ0v) is 19.8. The molecule has 0 radical (unpaired) electrons. The number of aryl methyl sites for hydroxylation is 2. The van der Waals surface area contributed by atoms with Gasteiger partial charge in [-0.1, -0.05) is 38.1 Å². The third kappa shape index (κ3) is 7.27. The number of hydrogen-bond donors (Lipinski definition) is 2. The Morgan fingerprint density at radius 1 is 0.941 bits per heavy atom. The van der Waals surface area contributed by atoms with Crippen molar-refractivity contribution in [1.82, 2.24) is 5.32 Å². The molecule has 0 saturated carbocycles. The van der Waals surface area contributed by atoms with Gasteiger partial charge in [0, 0.05) is 18.5 Å². The predicted molar refractivity (Wildman–Crippen MR) is 130 cm³/mol. The number of rotatable bonds is 10. The van der Waals surface area contributed by atoms with Crippen molar-refractivity contribution >= 4 is 29.3 Å². The molecule has 1 aliphatic carbocycles. The minimum atomic E-state index is -0.621. The number of amides is 2. The van der Waals surface area contributed by atoms with E-state index < -0.39 is 18.5 Å². The number of Topliss-reactive ketones (excluding diaryl/α,β-unsaturated/α-hetero) is 1. The predicted octanol–water partition coefficient (Wildman–Crippen LogP) is 4.10. The van der Waals surface area contributed by atoms with Gasteiger partial charge in [0.25, 0.3) is 11.8 Å². The van der Waals surface area contributed by atoms with Crippen LogP contribution in [0.15, 0.2) is 42.5 Å². The molecule has 0 aromatic heterocycles. The van der Waals surface area contributed by atoms with Crippen molar-refractivity contribution in [2.75, 3.05) is 18.5 Å². The minimum absolute atomic E-state index is 0.0259. The van der Waals surface area contributed by atoms with Crippen molar-refractivity contribution in [1.29, 1.82) is 0 Å². The number of carbonyl (C=O) groups is 4. The van der Waals surface area contributed by atoms with E-state index >= 15 is 0 Å². The van der Waals surface area contributed by atoms with Crippen molar-refractivity contribution < 1.29 is 23.9 Å². The van der Waals surface area contributed by atoms with E-state index in [9.17, 15) is 19.2 Å². The first kappa shape index (κ1) is 25.1. The van der Waals surface area contributed by atoms with Gasteiger partial charge in [0.2, 0.25) is 0 Å². The Labute approximate surface area is 200 Å². The van der Waals surface area contributed by atoms with E-state index in [-0.39, 0.29) is 24.5 Å². The van der Waals surface area contributed by atoms with Crippen molar-refractivity contribution in [3.05, 3.63) is 64.7 Å². The van der Waals surface area contributed by atoms with Crippen LogP contribution in [0.1, 0.15) is 71.4 Å². The molecule has 34 heavy (non-hydrogen) atoms. The van der Waals surface area contributed by atoms with Gasteiger partial charge < -0.3 is 15.4 Å². The van der Waals surface area contributed by atoms with E-state index in [1.54, 1.807) is 24.3 Å². The Hall–Kier alpha value is -3.48. The highest BCUT2D eigenvalue weighted by Crippen LogP contribution is 2.23. The molecule has 2 N–H and O–H groups in total. The van der Waals surface area contributed by atoms with Crippen LogP contribution in [0.2, 0.25) is 0 Å². The minimum Gasteiger partial charge on any atom is -0.456 e. The molecule has 2 aromatic carbocycles. The molecule has 7 nitrogen and oxygen atoms in total. The van der Waals surface area contributed by atoms with E-state index in [0.717, 1.165) is 19.3 Å². The maximum atomic E-state index is 12.5. The molecule has 7 heteroatoms. The van der Waals surface area contributed by atoms with Gasteiger partial charge in [0.05, 0.1) is 17.7 Å². The largest absolute Gasteiger partial charge is 0.456 e. The summed E-state index contributed by atoms with van der Waals surface area (Å²) in [6, 6.07) is 12.4. The third-order valence-electron chi connectivity index (χ3n) is 5.71. The second kappa shape index (κ2) is 12.1. The summed E-state index contributed by atoms with van der Waals surface area (Å²) in [5.41, 5.74) is 3.80. The van der Waals surface area contributed by atoms with Gasteiger partial charge in [-0.15, -0.1) is 0 Å². The monoisotopic (exact) mass is 464 g/mol. The van der Waals surface area contributed by atoms with E-state index in [1.165, 1.54) is 17.5 Å². The Morgan fingerprint density at radius 3 is 2.44 bits per heavy atom. The van der Waals surface area contributed by atoms with E-state index in [2.05, 4.69) is 10.6 Å². The zero-order chi connectivity index (χ0) is 24.5. The molecule has 0 aliphatic heterocycles. The number of para-hydroxylation sites is 1. The summed E-state index contributed by atoms with van der Waals surface area (Å²) in [7, 11) is 0. The van der Waals surface area contributed by atoms with Crippen LogP contribution in [0.25, 0.3) is 0 Å². The highest BCUT2D eigenvalue weighted by molar-refractivity contribution is 6.04. The molecular weight excluding hydrogens is 432 g/mol. The third-order valence-corrected chi connectivity index (χ3v) is 5.71. The number of ether oxygens (including phenoxy) is 1. The van der Waals surface area contributed by atoms with Gasteiger partial charge in [0.1, 0.15) is 0 Å². The number of carbonyl (C=O) groups excluding carboxylic acids is 4. The summed E-state index contributed by atoms with van der Waals surface area (Å²) in [5.74, 6) is -1.29. The Bertz CT molecular complexity index is 1060. The number of fused-ring (bicyclic) bond motifs is 1. The molecule has 0 fully saturated rings. The fourth-order valence-electron chi connectivity index (χ4n) is 3.85. The summed E-state index contributed by atoms with van der Waals surface area (Å²) in [5, 5.41) is 5.42. The maximum Gasteiger partial charge on any atom is 0.306 e. The van der Waals surface area contributed by atoms with E-state index in [1.807, 2.05) is 32.0 Å². The van der Waals surface area contributed by atoms with Gasteiger partial charge in [-0.2, -0.15) is 0 Å². The number of hydrogen-bond acceptors (Lipinski definition) is 5. The molecule has 0 atom stereocenters. The van der Waals surface area contributed by atoms with Gasteiger partial charge in [-0.25, -0.2) is 0 Å². The smallest absolute Gasteiger partial charge is 0.306 e. The van der Waals surface area contributed by atoms with Gasteiger partial charge in [0.15, 0.2) is 12.4 Å². The molecule has 0 heterocycles. The molecule has 0 bridgehead atoms.